The molecule has 1 fully saturated rings. The van der Waals surface area contributed by atoms with E-state index in [2.05, 4.69) is 15.1 Å². The first-order valence-electron chi connectivity index (χ1n) is 11.0. The number of ether oxygens (including phenoxy) is 3. The Morgan fingerprint density at radius 2 is 1.56 bits per heavy atom. The molecular formula is C24H28N4O5S. The zero-order valence-electron chi connectivity index (χ0n) is 19.5. The molecule has 0 atom stereocenters. The molecule has 1 amide bonds. The largest absolute Gasteiger partial charge is 0.497 e. The molecule has 1 aliphatic rings. The molecule has 0 saturated carbocycles. The van der Waals surface area contributed by atoms with E-state index in [-0.39, 0.29) is 5.91 Å². The van der Waals surface area contributed by atoms with Crippen molar-refractivity contribution in [2.24, 2.45) is 0 Å². The molecule has 0 spiro atoms. The number of benzene rings is 2. The summed E-state index contributed by atoms with van der Waals surface area (Å²) in [6, 6.07) is 13.4. The number of amides is 1. The normalized spacial score (nSPS) is 13.6. The van der Waals surface area contributed by atoms with Gasteiger partial charge in [-0.15, -0.1) is 10.2 Å². The van der Waals surface area contributed by atoms with Gasteiger partial charge in [0.2, 0.25) is 11.8 Å². The van der Waals surface area contributed by atoms with Crippen molar-refractivity contribution in [1.82, 2.24) is 15.1 Å². The van der Waals surface area contributed by atoms with E-state index in [1.807, 2.05) is 29.2 Å². The number of carbonyl (C=O) groups excluding carboxylic acids is 1. The van der Waals surface area contributed by atoms with Crippen LogP contribution in [0.25, 0.3) is 11.5 Å². The number of nitrogens with zero attached hydrogens (tertiary/aromatic N) is 4. The van der Waals surface area contributed by atoms with Gasteiger partial charge in [-0.25, -0.2) is 0 Å². The molecule has 1 saturated heterocycles. The lowest BCUT2D eigenvalue weighted by Crippen LogP contribution is -2.48. The van der Waals surface area contributed by atoms with Gasteiger partial charge >= 0.3 is 0 Å². The van der Waals surface area contributed by atoms with Crippen molar-refractivity contribution in [3.8, 4) is 28.7 Å². The summed E-state index contributed by atoms with van der Waals surface area (Å²) in [5.41, 5.74) is 1.85. The van der Waals surface area contributed by atoms with Crippen molar-refractivity contribution in [2.45, 2.75) is 11.6 Å². The van der Waals surface area contributed by atoms with Crippen LogP contribution < -0.4 is 19.1 Å². The molecular weight excluding hydrogens is 456 g/mol. The number of piperazine rings is 1. The molecule has 34 heavy (non-hydrogen) atoms. The van der Waals surface area contributed by atoms with Gasteiger partial charge in [0.25, 0.3) is 5.22 Å². The summed E-state index contributed by atoms with van der Waals surface area (Å²) in [5, 5.41) is 8.63. The first-order valence-corrected chi connectivity index (χ1v) is 11.9. The quantitative estimate of drug-likeness (QED) is 0.423. The van der Waals surface area contributed by atoms with Crippen molar-refractivity contribution in [3.63, 3.8) is 0 Å². The Hall–Kier alpha value is -3.40. The van der Waals surface area contributed by atoms with E-state index in [0.717, 1.165) is 24.5 Å². The summed E-state index contributed by atoms with van der Waals surface area (Å²) in [4.78, 5) is 16.9. The third-order valence-corrected chi connectivity index (χ3v) is 6.44. The van der Waals surface area contributed by atoms with Gasteiger partial charge in [0.05, 0.1) is 21.3 Å². The Morgan fingerprint density at radius 1 is 0.912 bits per heavy atom. The monoisotopic (exact) mass is 484 g/mol. The molecule has 2 aromatic carbocycles. The molecule has 1 aliphatic heterocycles. The molecule has 0 radical (unpaired) electrons. The Morgan fingerprint density at radius 3 is 2.18 bits per heavy atom. The van der Waals surface area contributed by atoms with Crippen LogP contribution in [0.15, 0.2) is 52.1 Å². The topological polar surface area (TPSA) is 90.2 Å². The van der Waals surface area contributed by atoms with Crippen molar-refractivity contribution in [3.05, 3.63) is 42.5 Å². The minimum atomic E-state index is 0.138. The van der Waals surface area contributed by atoms with Crippen LogP contribution in [-0.4, -0.2) is 74.3 Å². The number of hydrogen-bond donors (Lipinski definition) is 0. The second-order valence-corrected chi connectivity index (χ2v) is 8.68. The highest BCUT2D eigenvalue weighted by atomic mass is 32.2. The molecule has 2 heterocycles. The van der Waals surface area contributed by atoms with Crippen LogP contribution in [0.4, 0.5) is 5.69 Å². The van der Waals surface area contributed by atoms with Gasteiger partial charge in [-0.1, -0.05) is 11.8 Å². The van der Waals surface area contributed by atoms with Crippen molar-refractivity contribution in [2.75, 3.05) is 58.2 Å². The first-order chi connectivity index (χ1) is 16.6. The maximum absolute atomic E-state index is 12.7. The van der Waals surface area contributed by atoms with Crippen LogP contribution in [0.1, 0.15) is 6.42 Å². The van der Waals surface area contributed by atoms with E-state index in [4.69, 9.17) is 18.6 Å². The van der Waals surface area contributed by atoms with E-state index in [0.29, 0.717) is 53.4 Å². The summed E-state index contributed by atoms with van der Waals surface area (Å²) in [7, 11) is 4.83. The van der Waals surface area contributed by atoms with Gasteiger partial charge < -0.3 is 28.4 Å². The predicted molar refractivity (Wildman–Crippen MR) is 130 cm³/mol. The smallest absolute Gasteiger partial charge is 0.276 e. The van der Waals surface area contributed by atoms with E-state index in [1.54, 1.807) is 39.5 Å². The van der Waals surface area contributed by atoms with Crippen molar-refractivity contribution < 1.29 is 23.4 Å². The maximum Gasteiger partial charge on any atom is 0.276 e. The number of anilines is 1. The van der Waals surface area contributed by atoms with E-state index < -0.39 is 0 Å². The summed E-state index contributed by atoms with van der Waals surface area (Å²) >= 11 is 1.38. The van der Waals surface area contributed by atoms with Crippen LogP contribution in [0.3, 0.4) is 0 Å². The Bertz CT molecular complexity index is 1070. The summed E-state index contributed by atoms with van der Waals surface area (Å²) < 4.78 is 21.6. The third kappa shape index (κ3) is 5.74. The Kier molecular flexibility index (Phi) is 7.79. The number of carbonyl (C=O) groups is 1. The fourth-order valence-corrected chi connectivity index (χ4v) is 4.39. The number of hydrogen-bond acceptors (Lipinski definition) is 9. The molecule has 4 rings (SSSR count). The average Bonchev–Trinajstić information content (AvgIpc) is 3.37. The van der Waals surface area contributed by atoms with Gasteiger partial charge in [-0.2, -0.15) is 0 Å². The van der Waals surface area contributed by atoms with E-state index in [9.17, 15) is 4.79 Å². The summed E-state index contributed by atoms with van der Waals surface area (Å²) in [5.74, 6) is 3.20. The van der Waals surface area contributed by atoms with E-state index >= 15 is 0 Å². The average molecular weight is 485 g/mol. The lowest BCUT2D eigenvalue weighted by Gasteiger charge is -2.36. The van der Waals surface area contributed by atoms with Gasteiger partial charge in [0, 0.05) is 55.7 Å². The van der Waals surface area contributed by atoms with Crippen LogP contribution in [-0.2, 0) is 4.79 Å². The van der Waals surface area contributed by atoms with Gasteiger partial charge in [0.1, 0.15) is 17.2 Å². The lowest BCUT2D eigenvalue weighted by atomic mass is 10.2. The fourth-order valence-electron chi connectivity index (χ4n) is 3.71. The molecule has 10 heteroatoms. The Balaban J connectivity index is 1.24. The highest BCUT2D eigenvalue weighted by Crippen LogP contribution is 2.30. The van der Waals surface area contributed by atoms with Crippen LogP contribution in [0.2, 0.25) is 0 Å². The Labute approximate surface area is 203 Å². The first kappa shape index (κ1) is 23.7. The molecule has 3 aromatic rings. The second-order valence-electron chi connectivity index (χ2n) is 7.64. The highest BCUT2D eigenvalue weighted by molar-refractivity contribution is 7.99. The number of rotatable bonds is 9. The zero-order valence-corrected chi connectivity index (χ0v) is 20.3. The van der Waals surface area contributed by atoms with Gasteiger partial charge in [-0.05, 0) is 36.4 Å². The SMILES string of the molecule is COc1ccc(N2CCN(C(=O)CCSc3nnc(-c4cc(OC)cc(OC)c4)o3)CC2)cc1. The minimum absolute atomic E-state index is 0.138. The fraction of sp³-hybridized carbons (Fsp3) is 0.375. The molecule has 0 aliphatic carbocycles. The maximum atomic E-state index is 12.7. The number of aromatic nitrogens is 2. The number of thioether (sulfide) groups is 1. The molecule has 1 aromatic heterocycles. The standard InChI is InChI=1S/C24H28N4O5S/c1-30-19-6-4-18(5-7-19)27-9-11-28(12-10-27)22(29)8-13-34-24-26-25-23(33-24)17-14-20(31-2)16-21(15-17)32-3/h4-7,14-16H,8-13H2,1-3H3. The van der Waals surface area contributed by atoms with E-state index in [1.165, 1.54) is 11.8 Å². The summed E-state index contributed by atoms with van der Waals surface area (Å²) in [6.45, 7) is 3.03. The second kappa shape index (κ2) is 11.1. The minimum Gasteiger partial charge on any atom is -0.497 e. The molecule has 0 bridgehead atoms. The van der Waals surface area contributed by atoms with Gasteiger partial charge in [0.15, 0.2) is 0 Å². The van der Waals surface area contributed by atoms with Crippen LogP contribution in [0.5, 0.6) is 17.2 Å². The lowest BCUT2D eigenvalue weighted by molar-refractivity contribution is -0.131. The van der Waals surface area contributed by atoms with Crippen molar-refractivity contribution >= 4 is 23.4 Å². The van der Waals surface area contributed by atoms with Crippen molar-refractivity contribution in [1.29, 1.82) is 0 Å². The van der Waals surface area contributed by atoms with Gasteiger partial charge in [-0.3, -0.25) is 4.79 Å². The van der Waals surface area contributed by atoms with Crippen LogP contribution in [0, 0.1) is 0 Å². The number of methoxy groups -OCH3 is 3. The summed E-state index contributed by atoms with van der Waals surface area (Å²) in [6.07, 6.45) is 0.415. The van der Waals surface area contributed by atoms with Crippen LogP contribution >= 0.6 is 11.8 Å². The molecule has 180 valence electrons. The predicted octanol–water partition coefficient (Wildman–Crippen LogP) is 3.59. The zero-order chi connectivity index (χ0) is 23.9. The highest BCUT2D eigenvalue weighted by Gasteiger charge is 2.21. The molecule has 9 nitrogen and oxygen atoms in total. The molecule has 0 unspecified atom stereocenters. The molecule has 0 N–H and O–H groups in total. The third-order valence-electron chi connectivity index (χ3n) is 5.62.